The van der Waals surface area contributed by atoms with Crippen LogP contribution in [0, 0.1) is 11.3 Å². The molecule has 0 aliphatic heterocycles. The maximum absolute atomic E-state index is 12.3. The number of hydrogen-bond donors (Lipinski definition) is 1. The Balaban J connectivity index is 2.18. The highest BCUT2D eigenvalue weighted by molar-refractivity contribution is 6.33. The molecule has 20 heavy (non-hydrogen) atoms. The third-order valence-electron chi connectivity index (χ3n) is 3.55. The molecule has 0 radical (unpaired) electrons. The summed E-state index contributed by atoms with van der Waals surface area (Å²) in [5.74, 6) is -0.334. The summed E-state index contributed by atoms with van der Waals surface area (Å²) in [6.45, 7) is 0. The lowest BCUT2D eigenvalue weighted by Gasteiger charge is -2.26. The lowest BCUT2D eigenvalue weighted by atomic mass is 9.91. The predicted molar refractivity (Wildman–Crippen MR) is 77.8 cm³/mol. The van der Waals surface area contributed by atoms with Gasteiger partial charge in [-0.15, -0.1) is 0 Å². The van der Waals surface area contributed by atoms with Gasteiger partial charge in [-0.25, -0.2) is 4.98 Å². The smallest absolute Gasteiger partial charge is 0.252 e. The van der Waals surface area contributed by atoms with Gasteiger partial charge in [-0.05, 0) is 25.0 Å². The Hall–Kier alpha value is -1.31. The Labute approximate surface area is 128 Å². The molecule has 0 aromatic carbocycles. The molecular weight excluding hydrogens is 297 g/mol. The van der Waals surface area contributed by atoms with Crippen molar-refractivity contribution in [3.05, 3.63) is 28.0 Å². The highest BCUT2D eigenvalue weighted by atomic mass is 35.5. The van der Waals surface area contributed by atoms with E-state index in [1.165, 1.54) is 12.1 Å². The number of nitrogens with one attached hydrogen (secondary N) is 1. The van der Waals surface area contributed by atoms with Gasteiger partial charge in [0.2, 0.25) is 0 Å². The van der Waals surface area contributed by atoms with E-state index < -0.39 is 5.54 Å². The Morgan fingerprint density at radius 1 is 1.20 bits per heavy atom. The average molecular weight is 312 g/mol. The molecule has 0 atom stereocenters. The summed E-state index contributed by atoms with van der Waals surface area (Å²) in [4.78, 5) is 16.1. The molecule has 0 bridgehead atoms. The van der Waals surface area contributed by atoms with Crippen LogP contribution >= 0.6 is 23.2 Å². The maximum atomic E-state index is 12.3. The van der Waals surface area contributed by atoms with Crippen molar-refractivity contribution in [1.82, 2.24) is 10.3 Å². The van der Waals surface area contributed by atoms with Crippen molar-refractivity contribution in [2.75, 3.05) is 0 Å². The standard InChI is InChI=1S/C14H15Cl2N3O/c15-11-7-10(8-12(16)18-11)13(20)19-14(9-17)5-3-1-2-4-6-14/h7-8H,1-6H2,(H,19,20). The zero-order chi connectivity index (χ0) is 14.6. The van der Waals surface area contributed by atoms with E-state index in [0.717, 1.165) is 25.7 Å². The second-order valence-electron chi connectivity index (χ2n) is 5.06. The van der Waals surface area contributed by atoms with Crippen LogP contribution in [0.5, 0.6) is 0 Å². The molecule has 1 N–H and O–H groups in total. The number of pyridine rings is 1. The van der Waals surface area contributed by atoms with Crippen LogP contribution in [-0.2, 0) is 0 Å². The first-order chi connectivity index (χ1) is 9.54. The predicted octanol–water partition coefficient (Wildman–Crippen LogP) is 3.73. The Bertz CT molecular complexity index is 526. The molecular formula is C14H15Cl2N3O. The van der Waals surface area contributed by atoms with E-state index in [-0.39, 0.29) is 16.2 Å². The number of carbonyl (C=O) groups is 1. The van der Waals surface area contributed by atoms with Crippen LogP contribution in [0.2, 0.25) is 10.3 Å². The van der Waals surface area contributed by atoms with Crippen molar-refractivity contribution in [2.24, 2.45) is 0 Å². The molecule has 0 spiro atoms. The van der Waals surface area contributed by atoms with Gasteiger partial charge in [-0.3, -0.25) is 4.79 Å². The van der Waals surface area contributed by atoms with Crippen LogP contribution in [0.1, 0.15) is 48.9 Å². The molecule has 6 heteroatoms. The minimum absolute atomic E-state index is 0.162. The molecule has 1 aliphatic rings. The van der Waals surface area contributed by atoms with Crippen LogP contribution in [-0.4, -0.2) is 16.4 Å². The number of halogens is 2. The summed E-state index contributed by atoms with van der Waals surface area (Å²) in [5.41, 5.74) is -0.454. The molecule has 2 rings (SSSR count). The second-order valence-corrected chi connectivity index (χ2v) is 5.84. The van der Waals surface area contributed by atoms with Crippen LogP contribution in [0.25, 0.3) is 0 Å². The van der Waals surface area contributed by atoms with E-state index in [1.54, 1.807) is 0 Å². The fraction of sp³-hybridized carbons (Fsp3) is 0.500. The number of amides is 1. The summed E-state index contributed by atoms with van der Waals surface area (Å²) < 4.78 is 0. The molecule has 1 amide bonds. The van der Waals surface area contributed by atoms with Gasteiger partial charge in [-0.2, -0.15) is 5.26 Å². The first kappa shape index (κ1) is 15.1. The molecule has 1 aromatic rings. The van der Waals surface area contributed by atoms with Gasteiger partial charge < -0.3 is 5.32 Å². The Morgan fingerprint density at radius 2 is 1.75 bits per heavy atom. The lowest BCUT2D eigenvalue weighted by molar-refractivity contribution is 0.0913. The first-order valence-corrected chi connectivity index (χ1v) is 7.37. The number of aromatic nitrogens is 1. The zero-order valence-corrected chi connectivity index (χ0v) is 12.5. The van der Waals surface area contributed by atoms with Crippen LogP contribution in [0.15, 0.2) is 12.1 Å². The SMILES string of the molecule is N#CC1(NC(=O)c2cc(Cl)nc(Cl)c2)CCCCCC1. The summed E-state index contributed by atoms with van der Waals surface area (Å²) in [7, 11) is 0. The van der Waals surface area contributed by atoms with Gasteiger partial charge in [0.25, 0.3) is 5.91 Å². The van der Waals surface area contributed by atoms with E-state index in [1.807, 2.05) is 0 Å². The number of rotatable bonds is 2. The van der Waals surface area contributed by atoms with Crippen molar-refractivity contribution >= 4 is 29.1 Å². The average Bonchev–Trinajstić information content (AvgIpc) is 2.64. The first-order valence-electron chi connectivity index (χ1n) is 6.61. The molecule has 106 valence electrons. The number of hydrogen-bond acceptors (Lipinski definition) is 3. The Kier molecular flexibility index (Phi) is 4.85. The number of nitrogens with zero attached hydrogens (tertiary/aromatic N) is 2. The lowest BCUT2D eigenvalue weighted by Crippen LogP contribution is -2.47. The van der Waals surface area contributed by atoms with Crippen molar-refractivity contribution in [3.63, 3.8) is 0 Å². The fourth-order valence-corrected chi connectivity index (χ4v) is 2.94. The fourth-order valence-electron chi connectivity index (χ4n) is 2.48. The molecule has 1 fully saturated rings. The summed E-state index contributed by atoms with van der Waals surface area (Å²) in [6.07, 6.45) is 5.47. The van der Waals surface area contributed by atoms with Gasteiger partial charge >= 0.3 is 0 Å². The van der Waals surface area contributed by atoms with Gasteiger partial charge in [0, 0.05) is 5.56 Å². The quantitative estimate of drug-likeness (QED) is 0.668. The number of carbonyl (C=O) groups excluding carboxylic acids is 1. The van der Waals surface area contributed by atoms with Crippen molar-refractivity contribution < 1.29 is 4.79 Å². The second kappa shape index (κ2) is 6.43. The molecule has 4 nitrogen and oxygen atoms in total. The van der Waals surface area contributed by atoms with Gasteiger partial charge in [0.05, 0.1) is 6.07 Å². The number of nitriles is 1. The molecule has 1 heterocycles. The highest BCUT2D eigenvalue weighted by Crippen LogP contribution is 2.27. The van der Waals surface area contributed by atoms with Gasteiger partial charge in [-0.1, -0.05) is 48.9 Å². The van der Waals surface area contributed by atoms with Gasteiger partial charge in [0.1, 0.15) is 15.8 Å². The molecule has 0 saturated heterocycles. The zero-order valence-electron chi connectivity index (χ0n) is 11.0. The minimum Gasteiger partial charge on any atom is -0.334 e. The van der Waals surface area contributed by atoms with Crippen LogP contribution < -0.4 is 5.32 Å². The normalized spacial score (nSPS) is 17.9. The summed E-state index contributed by atoms with van der Waals surface area (Å²) in [6, 6.07) is 5.17. The van der Waals surface area contributed by atoms with Gasteiger partial charge in [0.15, 0.2) is 0 Å². The summed E-state index contributed by atoms with van der Waals surface area (Å²) in [5, 5.41) is 12.6. The third-order valence-corrected chi connectivity index (χ3v) is 3.94. The molecule has 0 unspecified atom stereocenters. The summed E-state index contributed by atoms with van der Waals surface area (Å²) >= 11 is 11.6. The van der Waals surface area contributed by atoms with Crippen LogP contribution in [0.3, 0.4) is 0 Å². The van der Waals surface area contributed by atoms with Crippen LogP contribution in [0.4, 0.5) is 0 Å². The highest BCUT2D eigenvalue weighted by Gasteiger charge is 2.32. The topological polar surface area (TPSA) is 65.8 Å². The van der Waals surface area contributed by atoms with E-state index >= 15 is 0 Å². The van der Waals surface area contributed by atoms with E-state index in [0.29, 0.717) is 18.4 Å². The molecule has 1 saturated carbocycles. The Morgan fingerprint density at radius 3 is 2.25 bits per heavy atom. The largest absolute Gasteiger partial charge is 0.334 e. The van der Waals surface area contributed by atoms with Crippen molar-refractivity contribution in [2.45, 2.75) is 44.1 Å². The minimum atomic E-state index is -0.782. The van der Waals surface area contributed by atoms with Crippen molar-refractivity contribution in [3.8, 4) is 6.07 Å². The molecule has 1 aliphatic carbocycles. The molecule has 1 aromatic heterocycles. The van der Waals surface area contributed by atoms with E-state index in [9.17, 15) is 10.1 Å². The van der Waals surface area contributed by atoms with E-state index in [2.05, 4.69) is 16.4 Å². The third kappa shape index (κ3) is 3.62. The van der Waals surface area contributed by atoms with Crippen molar-refractivity contribution in [1.29, 1.82) is 5.26 Å². The maximum Gasteiger partial charge on any atom is 0.252 e. The monoisotopic (exact) mass is 311 g/mol. The van der Waals surface area contributed by atoms with E-state index in [4.69, 9.17) is 23.2 Å².